The fourth-order valence-corrected chi connectivity index (χ4v) is 1.70. The van der Waals surface area contributed by atoms with E-state index in [0.29, 0.717) is 6.54 Å². The number of aliphatic hydroxyl groups is 1. The summed E-state index contributed by atoms with van der Waals surface area (Å²) in [4.78, 5) is 4.41. The van der Waals surface area contributed by atoms with Gasteiger partial charge in [0.1, 0.15) is 0 Å². The maximum absolute atomic E-state index is 9.21. The summed E-state index contributed by atoms with van der Waals surface area (Å²) >= 11 is 0. The molecule has 1 heterocycles. The second-order valence-corrected chi connectivity index (χ2v) is 4.89. The van der Waals surface area contributed by atoms with Crippen molar-refractivity contribution in [3.8, 4) is 0 Å². The van der Waals surface area contributed by atoms with E-state index in [9.17, 15) is 5.11 Å². The van der Waals surface area contributed by atoms with Crippen LogP contribution in [-0.2, 0) is 6.54 Å². The van der Waals surface area contributed by atoms with E-state index in [2.05, 4.69) is 28.5 Å². The van der Waals surface area contributed by atoms with Gasteiger partial charge in [-0.3, -0.25) is 4.98 Å². The van der Waals surface area contributed by atoms with Gasteiger partial charge >= 0.3 is 0 Å². The van der Waals surface area contributed by atoms with Crippen molar-refractivity contribution in [3.05, 3.63) is 42.1 Å². The number of hydrogen-bond donors (Lipinski definition) is 2. The van der Waals surface area contributed by atoms with Crippen molar-refractivity contribution in [1.29, 1.82) is 0 Å². The molecule has 0 atom stereocenters. The first kappa shape index (κ1) is 12.0. The van der Waals surface area contributed by atoms with E-state index in [1.54, 1.807) is 0 Å². The van der Waals surface area contributed by atoms with Crippen LogP contribution in [0.4, 0.5) is 0 Å². The molecule has 0 saturated heterocycles. The number of rotatable bonds is 4. The minimum absolute atomic E-state index is 0.116. The van der Waals surface area contributed by atoms with Crippen LogP contribution in [0.15, 0.2) is 36.5 Å². The quantitative estimate of drug-likeness (QED) is 0.845. The smallest absolute Gasteiger partial charge is 0.0746 e. The van der Waals surface area contributed by atoms with Gasteiger partial charge in [-0.2, -0.15) is 0 Å². The Morgan fingerprint density at radius 3 is 2.76 bits per heavy atom. The maximum Gasteiger partial charge on any atom is 0.0746 e. The minimum Gasteiger partial charge on any atom is -0.394 e. The van der Waals surface area contributed by atoms with Crippen molar-refractivity contribution in [1.82, 2.24) is 10.3 Å². The highest BCUT2D eigenvalue weighted by Crippen LogP contribution is 2.16. The Balaban J connectivity index is 2.24. The molecule has 0 bridgehead atoms. The van der Waals surface area contributed by atoms with Gasteiger partial charge in [0.15, 0.2) is 0 Å². The summed E-state index contributed by atoms with van der Waals surface area (Å²) in [5, 5.41) is 13.7. The van der Waals surface area contributed by atoms with E-state index < -0.39 is 0 Å². The number of fused-ring (bicyclic) bond motifs is 1. The minimum atomic E-state index is -0.267. The van der Waals surface area contributed by atoms with Crippen LogP contribution < -0.4 is 5.32 Å². The molecule has 0 fully saturated rings. The van der Waals surface area contributed by atoms with Crippen LogP contribution in [0.2, 0.25) is 0 Å². The number of nitrogens with one attached hydrogen (secondary N) is 1. The van der Waals surface area contributed by atoms with E-state index in [1.807, 2.05) is 32.2 Å². The maximum atomic E-state index is 9.21. The topological polar surface area (TPSA) is 45.1 Å². The van der Waals surface area contributed by atoms with Crippen molar-refractivity contribution >= 4 is 10.9 Å². The molecule has 2 rings (SSSR count). The Labute approximate surface area is 102 Å². The first-order chi connectivity index (χ1) is 8.12. The molecule has 3 heteroatoms. The van der Waals surface area contributed by atoms with E-state index in [1.165, 1.54) is 0 Å². The molecule has 0 spiro atoms. The first-order valence-corrected chi connectivity index (χ1v) is 5.81. The molecule has 1 aromatic carbocycles. The van der Waals surface area contributed by atoms with Crippen molar-refractivity contribution < 1.29 is 5.11 Å². The number of nitrogens with zero attached hydrogens (tertiary/aromatic N) is 1. The SMILES string of the molecule is CC(C)(CO)NCc1cccc2cccnc12. The van der Waals surface area contributed by atoms with Gasteiger partial charge in [0, 0.05) is 23.7 Å². The summed E-state index contributed by atoms with van der Waals surface area (Å²) < 4.78 is 0. The van der Waals surface area contributed by atoms with Crippen LogP contribution in [-0.4, -0.2) is 22.2 Å². The Bertz CT molecular complexity index is 503. The molecule has 0 radical (unpaired) electrons. The average molecular weight is 230 g/mol. The van der Waals surface area contributed by atoms with Gasteiger partial charge in [-0.25, -0.2) is 0 Å². The van der Waals surface area contributed by atoms with Crippen LogP contribution in [0, 0.1) is 0 Å². The summed E-state index contributed by atoms with van der Waals surface area (Å²) in [6.07, 6.45) is 1.81. The lowest BCUT2D eigenvalue weighted by Crippen LogP contribution is -2.42. The molecule has 2 aromatic rings. The third-order valence-electron chi connectivity index (χ3n) is 2.87. The van der Waals surface area contributed by atoms with Gasteiger partial charge < -0.3 is 10.4 Å². The van der Waals surface area contributed by atoms with Crippen LogP contribution >= 0.6 is 0 Å². The molecule has 3 nitrogen and oxygen atoms in total. The standard InChI is InChI=1S/C14H18N2O/c1-14(2,10-17)16-9-12-6-3-5-11-7-4-8-15-13(11)12/h3-8,16-17H,9-10H2,1-2H3. The molecule has 0 aliphatic heterocycles. The summed E-state index contributed by atoms with van der Waals surface area (Å²) in [6, 6.07) is 10.2. The predicted molar refractivity (Wildman–Crippen MR) is 69.7 cm³/mol. The molecule has 0 aliphatic carbocycles. The molecule has 2 N–H and O–H groups in total. The fourth-order valence-electron chi connectivity index (χ4n) is 1.70. The van der Waals surface area contributed by atoms with E-state index in [0.717, 1.165) is 16.5 Å². The highest BCUT2D eigenvalue weighted by molar-refractivity contribution is 5.81. The van der Waals surface area contributed by atoms with Gasteiger partial charge in [0.2, 0.25) is 0 Å². The summed E-state index contributed by atoms with van der Waals surface area (Å²) in [5.74, 6) is 0. The van der Waals surface area contributed by atoms with Crippen LogP contribution in [0.5, 0.6) is 0 Å². The Morgan fingerprint density at radius 2 is 2.00 bits per heavy atom. The van der Waals surface area contributed by atoms with Crippen molar-refractivity contribution in [2.75, 3.05) is 6.61 Å². The van der Waals surface area contributed by atoms with E-state index >= 15 is 0 Å². The zero-order valence-corrected chi connectivity index (χ0v) is 10.3. The molecule has 17 heavy (non-hydrogen) atoms. The number of para-hydroxylation sites is 1. The lowest BCUT2D eigenvalue weighted by atomic mass is 10.1. The molecule has 0 unspecified atom stereocenters. The van der Waals surface area contributed by atoms with Crippen LogP contribution in [0.25, 0.3) is 10.9 Å². The van der Waals surface area contributed by atoms with Crippen LogP contribution in [0.3, 0.4) is 0 Å². The van der Waals surface area contributed by atoms with Gasteiger partial charge in [0.05, 0.1) is 12.1 Å². The zero-order chi connectivity index (χ0) is 12.3. The molecule has 0 saturated carbocycles. The molecule has 0 amide bonds. The molecule has 90 valence electrons. The van der Waals surface area contributed by atoms with Gasteiger partial charge in [-0.05, 0) is 25.5 Å². The van der Waals surface area contributed by atoms with Crippen molar-refractivity contribution in [2.24, 2.45) is 0 Å². The lowest BCUT2D eigenvalue weighted by Gasteiger charge is -2.23. The van der Waals surface area contributed by atoms with Crippen molar-refractivity contribution in [2.45, 2.75) is 25.9 Å². The van der Waals surface area contributed by atoms with E-state index in [-0.39, 0.29) is 12.1 Å². The van der Waals surface area contributed by atoms with Crippen molar-refractivity contribution in [3.63, 3.8) is 0 Å². The normalized spacial score (nSPS) is 11.9. The monoisotopic (exact) mass is 230 g/mol. The predicted octanol–water partition coefficient (Wildman–Crippen LogP) is 2.10. The molecular formula is C14H18N2O. The molecule has 0 aliphatic rings. The van der Waals surface area contributed by atoms with Crippen LogP contribution in [0.1, 0.15) is 19.4 Å². The van der Waals surface area contributed by atoms with Gasteiger partial charge in [0.25, 0.3) is 0 Å². The Kier molecular flexibility index (Phi) is 3.41. The molecular weight excluding hydrogens is 212 g/mol. The Hall–Kier alpha value is -1.45. The largest absolute Gasteiger partial charge is 0.394 e. The third kappa shape index (κ3) is 2.81. The lowest BCUT2D eigenvalue weighted by molar-refractivity contribution is 0.187. The summed E-state index contributed by atoms with van der Waals surface area (Å²) in [7, 11) is 0. The highest BCUT2D eigenvalue weighted by atomic mass is 16.3. The number of aliphatic hydroxyl groups excluding tert-OH is 1. The zero-order valence-electron chi connectivity index (χ0n) is 10.3. The number of pyridine rings is 1. The van der Waals surface area contributed by atoms with Gasteiger partial charge in [-0.1, -0.05) is 24.3 Å². The second kappa shape index (κ2) is 4.82. The van der Waals surface area contributed by atoms with Gasteiger partial charge in [-0.15, -0.1) is 0 Å². The fraction of sp³-hybridized carbons (Fsp3) is 0.357. The first-order valence-electron chi connectivity index (χ1n) is 5.81. The second-order valence-electron chi connectivity index (χ2n) is 4.89. The summed E-state index contributed by atoms with van der Waals surface area (Å²) in [6.45, 7) is 4.78. The third-order valence-corrected chi connectivity index (χ3v) is 2.87. The number of aromatic nitrogens is 1. The number of benzene rings is 1. The number of hydrogen-bond acceptors (Lipinski definition) is 3. The summed E-state index contributed by atoms with van der Waals surface area (Å²) in [5.41, 5.74) is 1.91. The molecule has 1 aromatic heterocycles. The Morgan fingerprint density at radius 1 is 1.24 bits per heavy atom. The average Bonchev–Trinajstić information content (AvgIpc) is 2.36. The van der Waals surface area contributed by atoms with E-state index in [4.69, 9.17) is 0 Å². The highest BCUT2D eigenvalue weighted by Gasteiger charge is 2.15.